The van der Waals surface area contributed by atoms with Crippen LogP contribution in [-0.4, -0.2) is 28.2 Å². The number of rotatable bonds is 30. The van der Waals surface area contributed by atoms with Gasteiger partial charge in [-0.3, -0.25) is 9.59 Å². The number of carboxylic acids is 1. The molecule has 0 aromatic carbocycles. The van der Waals surface area contributed by atoms with E-state index >= 15 is 0 Å². The molecule has 0 radical (unpaired) electrons. The van der Waals surface area contributed by atoms with Crippen molar-refractivity contribution in [1.82, 2.24) is 0 Å². The lowest BCUT2D eigenvalue weighted by Gasteiger charge is -2.22. The fraction of sp³-hybridized carbons (Fsp3) is 0.615. The molecule has 0 heterocycles. The number of carbonyl (C=O) groups is 3. The molecule has 0 aliphatic rings. The van der Waals surface area contributed by atoms with Crippen LogP contribution in [0.4, 0.5) is 0 Å². The van der Waals surface area contributed by atoms with Gasteiger partial charge in [0.1, 0.15) is 5.78 Å². The number of unbranched alkanes of at least 4 members (excludes halogenated alkanes) is 10. The van der Waals surface area contributed by atoms with Gasteiger partial charge in [-0.05, 0) is 77.0 Å². The monoisotopic (exact) mass is 609 g/mol. The second-order valence-electron chi connectivity index (χ2n) is 11.6. The Hall–Kier alpha value is -2.79. The van der Waals surface area contributed by atoms with Crippen molar-refractivity contribution < 1.29 is 19.5 Å². The molecule has 0 aliphatic carbocycles. The topological polar surface area (TPSA) is 97.5 Å². The number of Topliss-reactive ketones (excluding diaryl/α,β-unsaturated/α-hetero) is 2. The van der Waals surface area contributed by atoms with Crippen molar-refractivity contribution in [3.05, 3.63) is 72.9 Å². The third-order valence-electron chi connectivity index (χ3n) is 7.52. The van der Waals surface area contributed by atoms with E-state index in [-0.39, 0.29) is 18.6 Å². The molecule has 0 saturated carbocycles. The van der Waals surface area contributed by atoms with Gasteiger partial charge in [-0.1, -0.05) is 125 Å². The zero-order valence-electron chi connectivity index (χ0n) is 28.0. The zero-order chi connectivity index (χ0) is 32.6. The number of nitrogens with two attached hydrogens (primary N) is 1. The minimum atomic E-state index is -2.10. The van der Waals surface area contributed by atoms with Gasteiger partial charge in [0, 0.05) is 19.3 Å². The molecule has 3 N–H and O–H groups in total. The molecule has 1 unspecified atom stereocenters. The van der Waals surface area contributed by atoms with Crippen LogP contribution >= 0.6 is 0 Å². The Balaban J connectivity index is 3.99. The van der Waals surface area contributed by atoms with Crippen LogP contribution in [-0.2, 0) is 14.4 Å². The lowest BCUT2D eigenvalue weighted by atomic mass is 9.85. The summed E-state index contributed by atoms with van der Waals surface area (Å²) in [5.74, 6) is -2.16. The molecule has 5 nitrogen and oxygen atoms in total. The molecule has 0 amide bonds. The van der Waals surface area contributed by atoms with E-state index in [9.17, 15) is 19.5 Å². The third-order valence-corrected chi connectivity index (χ3v) is 7.52. The predicted octanol–water partition coefficient (Wildman–Crippen LogP) is 10.5. The molecule has 0 rings (SSSR count). The average Bonchev–Trinajstić information content (AvgIpc) is 3.00. The number of carboxylic acid groups (broad SMARTS) is 1. The van der Waals surface area contributed by atoms with E-state index in [1.54, 1.807) is 0 Å². The van der Waals surface area contributed by atoms with Crippen molar-refractivity contribution in [3.63, 3.8) is 0 Å². The third kappa shape index (κ3) is 24.6. The molecule has 0 spiro atoms. The summed E-state index contributed by atoms with van der Waals surface area (Å²) in [6.45, 7) is 4.27. The fourth-order valence-corrected chi connectivity index (χ4v) is 4.76. The van der Waals surface area contributed by atoms with Crippen molar-refractivity contribution in [3.8, 4) is 0 Å². The van der Waals surface area contributed by atoms with E-state index in [0.717, 1.165) is 103 Å². The molecule has 0 aliphatic heterocycles. The highest BCUT2D eigenvalue weighted by Gasteiger charge is 2.42. The Kier molecular flexibility index (Phi) is 28.3. The van der Waals surface area contributed by atoms with E-state index in [2.05, 4.69) is 86.8 Å². The number of hydrogen-bond donors (Lipinski definition) is 2. The van der Waals surface area contributed by atoms with Crippen molar-refractivity contribution in [2.75, 3.05) is 0 Å². The van der Waals surface area contributed by atoms with Gasteiger partial charge in [0.25, 0.3) is 0 Å². The molecule has 5 heteroatoms. The molecular weight excluding hydrogens is 546 g/mol. The Morgan fingerprint density at radius 1 is 0.523 bits per heavy atom. The molecule has 0 aromatic rings. The van der Waals surface area contributed by atoms with Crippen LogP contribution in [0.25, 0.3) is 0 Å². The summed E-state index contributed by atoms with van der Waals surface area (Å²) in [7, 11) is 0. The Labute approximate surface area is 269 Å². The Morgan fingerprint density at radius 2 is 0.886 bits per heavy atom. The first-order valence-electron chi connectivity index (χ1n) is 17.4. The summed E-state index contributed by atoms with van der Waals surface area (Å²) in [6, 6.07) is 0. The Morgan fingerprint density at radius 3 is 1.32 bits per heavy atom. The first-order valence-corrected chi connectivity index (χ1v) is 17.4. The lowest BCUT2D eigenvalue weighted by molar-refractivity contribution is -0.150. The molecule has 0 saturated heterocycles. The first kappa shape index (κ1) is 41.2. The summed E-state index contributed by atoms with van der Waals surface area (Å²) < 4.78 is 0. The predicted molar refractivity (Wildman–Crippen MR) is 188 cm³/mol. The summed E-state index contributed by atoms with van der Waals surface area (Å²) >= 11 is 0. The highest BCUT2D eigenvalue weighted by atomic mass is 16.4. The second kappa shape index (κ2) is 30.2. The molecule has 248 valence electrons. The van der Waals surface area contributed by atoms with E-state index in [1.165, 1.54) is 0 Å². The van der Waals surface area contributed by atoms with Crippen LogP contribution in [0.15, 0.2) is 72.9 Å². The second-order valence-corrected chi connectivity index (χ2v) is 11.6. The molecule has 44 heavy (non-hydrogen) atoms. The summed E-state index contributed by atoms with van der Waals surface area (Å²) in [6.07, 6.45) is 44.0. The maximum absolute atomic E-state index is 12.7. The first-order chi connectivity index (χ1) is 21.4. The minimum Gasteiger partial charge on any atom is -0.480 e. The standard InChI is InChI=1S/C39H63NO4/c1-3-5-7-9-11-13-15-17-19-21-23-25-27-29-31-33-36(41)35-39(40,38(43)44)37(42)34-32-30-28-26-24-22-20-18-16-14-12-10-8-6-4-2/h5-8,11-14,17-20H,3-4,9-10,15-16,21-35,40H2,1-2H3,(H,43,44)/b7-5-,8-6-,13-11-,14-12-,19-17-,20-18-. The number of aliphatic carboxylic acids is 1. The van der Waals surface area contributed by atoms with E-state index in [0.29, 0.717) is 12.8 Å². The van der Waals surface area contributed by atoms with Gasteiger partial charge in [0.2, 0.25) is 0 Å². The minimum absolute atomic E-state index is 0.108. The quantitative estimate of drug-likeness (QED) is 0.0479. The van der Waals surface area contributed by atoms with Crippen LogP contribution in [0.5, 0.6) is 0 Å². The van der Waals surface area contributed by atoms with Crippen LogP contribution in [0, 0.1) is 0 Å². The fourth-order valence-electron chi connectivity index (χ4n) is 4.76. The van der Waals surface area contributed by atoms with Crippen molar-refractivity contribution >= 4 is 17.5 Å². The van der Waals surface area contributed by atoms with Crippen molar-refractivity contribution in [2.24, 2.45) is 5.73 Å². The van der Waals surface area contributed by atoms with E-state index < -0.39 is 23.7 Å². The van der Waals surface area contributed by atoms with Gasteiger partial charge in [-0.2, -0.15) is 0 Å². The normalized spacial score (nSPS) is 13.9. The van der Waals surface area contributed by atoms with Crippen molar-refractivity contribution in [1.29, 1.82) is 0 Å². The molecule has 0 aromatic heterocycles. The van der Waals surface area contributed by atoms with Crippen LogP contribution in [0.2, 0.25) is 0 Å². The maximum atomic E-state index is 12.7. The summed E-state index contributed by atoms with van der Waals surface area (Å²) in [5, 5.41) is 9.66. The largest absolute Gasteiger partial charge is 0.480 e. The van der Waals surface area contributed by atoms with Crippen molar-refractivity contribution in [2.45, 2.75) is 154 Å². The van der Waals surface area contributed by atoms with Gasteiger partial charge in [0.05, 0.1) is 0 Å². The zero-order valence-corrected chi connectivity index (χ0v) is 28.0. The number of allylic oxidation sites excluding steroid dienone is 12. The summed E-state index contributed by atoms with van der Waals surface area (Å²) in [4.78, 5) is 37.0. The highest BCUT2D eigenvalue weighted by molar-refractivity contribution is 6.10. The van der Waals surface area contributed by atoms with Gasteiger partial charge < -0.3 is 10.8 Å². The smallest absolute Gasteiger partial charge is 0.331 e. The highest BCUT2D eigenvalue weighted by Crippen LogP contribution is 2.18. The Bertz CT molecular complexity index is 924. The van der Waals surface area contributed by atoms with Gasteiger partial charge in [-0.15, -0.1) is 0 Å². The lowest BCUT2D eigenvalue weighted by Crippen LogP contribution is -2.56. The number of hydrogen-bond acceptors (Lipinski definition) is 4. The van der Waals surface area contributed by atoms with Crippen LogP contribution < -0.4 is 5.73 Å². The number of carbonyl (C=O) groups excluding carboxylic acids is 2. The molecule has 0 fully saturated rings. The SMILES string of the molecule is CC/C=C\C/C=C\C/C=C\CCCCCCCC(=O)CC(N)(C(=O)O)C(=O)CCCCCCC/C=C\C/C=C\C/C=C\CC. The van der Waals surface area contributed by atoms with Gasteiger partial charge in [-0.25, -0.2) is 4.79 Å². The summed E-state index contributed by atoms with van der Waals surface area (Å²) in [5.41, 5.74) is 3.90. The molecule has 1 atom stereocenters. The maximum Gasteiger partial charge on any atom is 0.331 e. The number of ketones is 2. The van der Waals surface area contributed by atoms with Gasteiger partial charge >= 0.3 is 5.97 Å². The van der Waals surface area contributed by atoms with Crippen LogP contribution in [0.1, 0.15) is 149 Å². The molecular formula is C39H63NO4. The van der Waals surface area contributed by atoms with E-state index in [1.807, 2.05) is 0 Å². The van der Waals surface area contributed by atoms with E-state index in [4.69, 9.17) is 5.73 Å². The van der Waals surface area contributed by atoms with Gasteiger partial charge in [0.15, 0.2) is 11.3 Å². The molecule has 0 bridgehead atoms. The average molecular weight is 610 g/mol. The van der Waals surface area contributed by atoms with Crippen LogP contribution in [0.3, 0.4) is 0 Å².